The molecule has 3 rings (SSSR count). The predicted octanol–water partition coefficient (Wildman–Crippen LogP) is 2.43. The molecule has 3 N–H and O–H groups in total. The maximum atomic E-state index is 12.9. The van der Waals surface area contributed by atoms with Gasteiger partial charge >= 0.3 is 7.82 Å². The number of aryl methyl sites for hydroxylation is 3. The largest absolute Gasteiger partial charge is 0.651 e. The second-order valence-corrected chi connectivity index (χ2v) is 6.33. The molecule has 3 aromatic heterocycles. The van der Waals surface area contributed by atoms with E-state index in [1.54, 1.807) is 39.0 Å². The minimum atomic E-state index is -4.09. The van der Waals surface area contributed by atoms with E-state index in [4.69, 9.17) is 13.6 Å². The smallest absolute Gasteiger partial charge is 0.366 e. The summed E-state index contributed by atoms with van der Waals surface area (Å²) in [6, 6.07) is 4.68. The Morgan fingerprint density at radius 3 is 1.26 bits per heavy atom. The maximum absolute atomic E-state index is 12.9. The van der Waals surface area contributed by atoms with Gasteiger partial charge in [0, 0.05) is 35.3 Å². The highest BCUT2D eigenvalue weighted by Crippen LogP contribution is 2.48. The first-order chi connectivity index (χ1) is 10.9. The van der Waals surface area contributed by atoms with Gasteiger partial charge < -0.3 is 13.6 Å². The second kappa shape index (κ2) is 5.81. The lowest BCUT2D eigenvalue weighted by atomic mass is 10.5. The van der Waals surface area contributed by atoms with Crippen LogP contribution in [0.5, 0.6) is 17.6 Å². The van der Waals surface area contributed by atoms with Crippen LogP contribution in [0.25, 0.3) is 0 Å². The number of H-pyrrole nitrogens is 3. The minimum Gasteiger partial charge on any atom is -0.366 e. The zero-order valence-electron chi connectivity index (χ0n) is 12.7. The van der Waals surface area contributed by atoms with Crippen LogP contribution in [0.4, 0.5) is 0 Å². The summed E-state index contributed by atoms with van der Waals surface area (Å²) in [5.74, 6) is 0.223. The highest BCUT2D eigenvalue weighted by atomic mass is 31.2. The van der Waals surface area contributed by atoms with Crippen molar-refractivity contribution >= 4 is 7.82 Å². The van der Waals surface area contributed by atoms with Gasteiger partial charge in [-0.15, -0.1) is 15.3 Å². The molecular formula is C12H15N6O4P. The summed E-state index contributed by atoms with van der Waals surface area (Å²) >= 11 is 0. The molecule has 0 aliphatic carbocycles. The van der Waals surface area contributed by atoms with Gasteiger partial charge in [0.1, 0.15) is 0 Å². The van der Waals surface area contributed by atoms with Crippen molar-refractivity contribution in [1.29, 1.82) is 0 Å². The first-order valence-corrected chi connectivity index (χ1v) is 8.13. The van der Waals surface area contributed by atoms with Gasteiger partial charge in [-0.25, -0.2) is 0 Å². The Bertz CT molecular complexity index is 743. The van der Waals surface area contributed by atoms with Crippen molar-refractivity contribution in [2.45, 2.75) is 20.8 Å². The van der Waals surface area contributed by atoms with Gasteiger partial charge in [-0.05, 0) is 20.8 Å². The second-order valence-electron chi connectivity index (χ2n) is 4.89. The summed E-state index contributed by atoms with van der Waals surface area (Å²) in [5.41, 5.74) is 2.20. The van der Waals surface area contributed by atoms with E-state index in [1.807, 2.05) is 0 Å². The lowest BCUT2D eigenvalue weighted by molar-refractivity contribution is 0.286. The standard InChI is InChI=1S/C12H15N6O4P/c1-7-4-10(16-13-7)20-23(19,21-11-5-8(2)14-17-11)22-12-6-9(3)15-18-12/h4-6H,1-3H3,(H,13,16)(H,14,17)(H,15,18). The molecule has 0 bridgehead atoms. The number of hydrogen-bond acceptors (Lipinski definition) is 7. The molecule has 0 saturated heterocycles. The average molecular weight is 338 g/mol. The molecule has 10 nitrogen and oxygen atoms in total. The quantitative estimate of drug-likeness (QED) is 0.588. The first-order valence-electron chi connectivity index (χ1n) is 6.67. The molecule has 0 saturated carbocycles. The summed E-state index contributed by atoms with van der Waals surface area (Å²) in [6.07, 6.45) is 0. The third-order valence-corrected chi connectivity index (χ3v) is 3.90. The van der Waals surface area contributed by atoms with Crippen molar-refractivity contribution in [3.05, 3.63) is 35.3 Å². The Balaban J connectivity index is 1.86. The summed E-state index contributed by atoms with van der Waals surface area (Å²) in [6.45, 7) is 5.34. The van der Waals surface area contributed by atoms with Crippen LogP contribution in [0.1, 0.15) is 17.1 Å². The highest BCUT2D eigenvalue weighted by molar-refractivity contribution is 7.49. The number of rotatable bonds is 6. The van der Waals surface area contributed by atoms with Crippen LogP contribution in [-0.2, 0) is 4.57 Å². The average Bonchev–Trinajstić information content (AvgIpc) is 3.14. The Hall–Kier alpha value is -2.74. The zero-order chi connectivity index (χ0) is 16.4. The third kappa shape index (κ3) is 3.72. The number of phosphoric acid groups is 1. The fourth-order valence-electron chi connectivity index (χ4n) is 1.72. The molecule has 23 heavy (non-hydrogen) atoms. The number of hydrogen-bond donors (Lipinski definition) is 3. The first kappa shape index (κ1) is 15.2. The fraction of sp³-hybridized carbons (Fsp3) is 0.250. The number of aromatic nitrogens is 6. The summed E-state index contributed by atoms with van der Waals surface area (Å²) in [4.78, 5) is 0. The highest BCUT2D eigenvalue weighted by Gasteiger charge is 2.36. The molecular weight excluding hydrogens is 323 g/mol. The molecule has 3 heterocycles. The van der Waals surface area contributed by atoms with Crippen LogP contribution in [0.3, 0.4) is 0 Å². The minimum absolute atomic E-state index is 0.0744. The predicted molar refractivity (Wildman–Crippen MR) is 79.5 cm³/mol. The number of nitrogens with one attached hydrogen (secondary N) is 3. The third-order valence-electron chi connectivity index (χ3n) is 2.66. The van der Waals surface area contributed by atoms with Gasteiger partial charge in [0.2, 0.25) is 17.6 Å². The van der Waals surface area contributed by atoms with Gasteiger partial charge in [-0.2, -0.15) is 4.57 Å². The lowest BCUT2D eigenvalue weighted by Gasteiger charge is -2.15. The van der Waals surface area contributed by atoms with E-state index in [1.165, 1.54) is 0 Å². The molecule has 0 atom stereocenters. The van der Waals surface area contributed by atoms with Crippen molar-refractivity contribution in [2.75, 3.05) is 0 Å². The molecule has 11 heteroatoms. The number of phosphoric ester groups is 1. The SMILES string of the molecule is Cc1cc(OP(=O)(Oc2cc(C)[nH]n2)Oc2cc(C)[nH]n2)n[nH]1. The molecule has 0 aliphatic heterocycles. The summed E-state index contributed by atoms with van der Waals surface area (Å²) in [5, 5.41) is 19.6. The van der Waals surface area contributed by atoms with Gasteiger partial charge in [0.05, 0.1) is 0 Å². The van der Waals surface area contributed by atoms with Crippen molar-refractivity contribution in [2.24, 2.45) is 0 Å². The normalized spacial score (nSPS) is 11.4. The molecule has 0 aromatic carbocycles. The Morgan fingerprint density at radius 1 is 0.739 bits per heavy atom. The molecule has 0 spiro atoms. The molecule has 0 aliphatic rings. The van der Waals surface area contributed by atoms with Gasteiger partial charge in [-0.3, -0.25) is 15.3 Å². The molecule has 0 amide bonds. The molecule has 3 aromatic rings. The topological polar surface area (TPSA) is 131 Å². The van der Waals surface area contributed by atoms with Crippen LogP contribution in [0.15, 0.2) is 18.2 Å². The van der Waals surface area contributed by atoms with Crippen molar-refractivity contribution in [3.8, 4) is 17.6 Å². The van der Waals surface area contributed by atoms with E-state index < -0.39 is 7.82 Å². The molecule has 0 radical (unpaired) electrons. The van der Waals surface area contributed by atoms with Crippen molar-refractivity contribution < 1.29 is 18.1 Å². The van der Waals surface area contributed by atoms with E-state index in [2.05, 4.69) is 30.6 Å². The molecule has 0 fully saturated rings. The van der Waals surface area contributed by atoms with Gasteiger partial charge in [0.25, 0.3) is 0 Å². The summed E-state index contributed by atoms with van der Waals surface area (Å²) in [7, 11) is -4.09. The fourth-order valence-corrected chi connectivity index (χ4v) is 2.80. The number of nitrogens with zero attached hydrogens (tertiary/aromatic N) is 3. The summed E-state index contributed by atoms with van der Waals surface area (Å²) < 4.78 is 28.9. The Labute approximate surface area is 131 Å². The lowest BCUT2D eigenvalue weighted by Crippen LogP contribution is -2.08. The van der Waals surface area contributed by atoms with Crippen molar-refractivity contribution in [3.63, 3.8) is 0 Å². The van der Waals surface area contributed by atoms with E-state index >= 15 is 0 Å². The van der Waals surface area contributed by atoms with E-state index in [9.17, 15) is 4.57 Å². The van der Waals surface area contributed by atoms with Crippen LogP contribution in [0.2, 0.25) is 0 Å². The van der Waals surface area contributed by atoms with E-state index in [0.717, 1.165) is 17.1 Å². The molecule has 122 valence electrons. The Morgan fingerprint density at radius 2 is 1.04 bits per heavy atom. The Kier molecular flexibility index (Phi) is 3.83. The maximum Gasteiger partial charge on any atom is 0.651 e. The van der Waals surface area contributed by atoms with Crippen LogP contribution < -0.4 is 13.6 Å². The van der Waals surface area contributed by atoms with Gasteiger partial charge in [0.15, 0.2) is 0 Å². The van der Waals surface area contributed by atoms with E-state index in [-0.39, 0.29) is 17.6 Å². The van der Waals surface area contributed by atoms with Crippen LogP contribution in [0, 0.1) is 20.8 Å². The number of aromatic amines is 3. The van der Waals surface area contributed by atoms with Gasteiger partial charge in [-0.1, -0.05) is 0 Å². The zero-order valence-corrected chi connectivity index (χ0v) is 13.5. The molecule has 0 unspecified atom stereocenters. The van der Waals surface area contributed by atoms with Crippen molar-refractivity contribution in [1.82, 2.24) is 30.6 Å². The van der Waals surface area contributed by atoms with E-state index in [0.29, 0.717) is 0 Å². The van der Waals surface area contributed by atoms with Crippen LogP contribution in [-0.4, -0.2) is 30.6 Å². The van der Waals surface area contributed by atoms with Crippen LogP contribution >= 0.6 is 7.82 Å². The monoisotopic (exact) mass is 338 g/mol.